The first kappa shape index (κ1) is 23.2. The Morgan fingerprint density at radius 1 is 0.971 bits per heavy atom. The summed E-state index contributed by atoms with van der Waals surface area (Å²) >= 11 is 0. The summed E-state index contributed by atoms with van der Waals surface area (Å²) in [6.45, 7) is 0. The molecule has 0 aliphatic rings. The van der Waals surface area contributed by atoms with E-state index in [0.29, 0.717) is 16.8 Å². The molecule has 1 unspecified atom stereocenters. The van der Waals surface area contributed by atoms with Crippen molar-refractivity contribution in [2.24, 2.45) is 0 Å². The monoisotopic (exact) mass is 490 g/mol. The quantitative estimate of drug-likeness (QED) is 0.377. The van der Waals surface area contributed by atoms with E-state index in [-0.39, 0.29) is 17.4 Å². The molecule has 0 bridgehead atoms. The number of benzene rings is 2. The number of sulfonamides is 1. The number of nitrogens with zero attached hydrogens (tertiary/aromatic N) is 4. The average Bonchev–Trinajstić information content (AvgIpc) is 3.29. The van der Waals surface area contributed by atoms with E-state index in [9.17, 15) is 21.6 Å². The summed E-state index contributed by atoms with van der Waals surface area (Å²) < 4.78 is 70.0. The van der Waals surface area contributed by atoms with E-state index < -0.39 is 34.2 Å². The number of alkyl halides is 2. The first-order valence-electron chi connectivity index (χ1n) is 9.72. The van der Waals surface area contributed by atoms with Gasteiger partial charge >= 0.3 is 6.43 Å². The zero-order chi connectivity index (χ0) is 24.3. The largest absolute Gasteiger partial charge is 0.415 e. The predicted octanol–water partition coefficient (Wildman–Crippen LogP) is 4.18. The zero-order valence-corrected chi connectivity index (χ0v) is 18.3. The summed E-state index contributed by atoms with van der Waals surface area (Å²) in [7, 11) is -3.58. The Bertz CT molecular complexity index is 1380. The molecule has 2 aromatic heterocycles. The van der Waals surface area contributed by atoms with Crippen LogP contribution in [0.15, 0.2) is 65.3 Å². The van der Waals surface area contributed by atoms with Crippen LogP contribution in [0.25, 0.3) is 11.5 Å². The minimum Gasteiger partial charge on any atom is -0.415 e. The predicted molar refractivity (Wildman–Crippen MR) is 117 cm³/mol. The third-order valence-electron chi connectivity index (χ3n) is 4.57. The van der Waals surface area contributed by atoms with Crippen LogP contribution in [-0.4, -0.2) is 34.8 Å². The number of halogens is 3. The van der Waals surface area contributed by atoms with Crippen molar-refractivity contribution >= 4 is 21.7 Å². The Morgan fingerprint density at radius 3 is 2.26 bits per heavy atom. The van der Waals surface area contributed by atoms with Crippen molar-refractivity contribution in [1.82, 2.24) is 20.2 Å². The highest BCUT2D eigenvalue weighted by atomic mass is 32.2. The summed E-state index contributed by atoms with van der Waals surface area (Å²) in [5, 5.41) is 9.91. The Hall–Kier alpha value is -4.00. The third kappa shape index (κ3) is 5.49. The van der Waals surface area contributed by atoms with E-state index in [1.54, 1.807) is 36.4 Å². The third-order valence-corrected chi connectivity index (χ3v) is 5.16. The highest BCUT2D eigenvalue weighted by Gasteiger charge is 2.21. The summed E-state index contributed by atoms with van der Waals surface area (Å²) in [6, 6.07) is 11.6. The smallest absolute Gasteiger partial charge is 0.314 e. The van der Waals surface area contributed by atoms with Crippen LogP contribution in [0.2, 0.25) is 0 Å². The maximum absolute atomic E-state index is 13.5. The van der Waals surface area contributed by atoms with Gasteiger partial charge in [0.25, 0.3) is 11.8 Å². The van der Waals surface area contributed by atoms with Crippen LogP contribution in [0.1, 0.15) is 29.5 Å². The molecule has 0 fully saturated rings. The van der Waals surface area contributed by atoms with Gasteiger partial charge in [-0.1, -0.05) is 30.3 Å². The van der Waals surface area contributed by atoms with E-state index in [1.807, 2.05) is 0 Å². The molecular formula is C21H17F3N6O3S. The molecule has 0 saturated heterocycles. The van der Waals surface area contributed by atoms with Gasteiger partial charge in [-0.05, 0) is 23.8 Å². The standard InChI is InChI=1S/C21H17F3N6O3S/c1-34(31,32)30-16-5-3-2-4-15(16)17(12-6-8-14(22)9-7-12)27-21-25-10-13(11-26-21)19-28-29-20(33-19)18(23)24/h2-11,17-18,30H,1H3,(H,25,26,27). The van der Waals surface area contributed by atoms with Gasteiger partial charge in [-0.15, -0.1) is 10.2 Å². The van der Waals surface area contributed by atoms with Gasteiger partial charge in [0.05, 0.1) is 23.5 Å². The molecule has 0 aliphatic heterocycles. The fourth-order valence-corrected chi connectivity index (χ4v) is 3.70. The molecular weight excluding hydrogens is 473 g/mol. The van der Waals surface area contributed by atoms with Gasteiger partial charge in [0.2, 0.25) is 16.0 Å². The number of hydrogen-bond donors (Lipinski definition) is 2. The van der Waals surface area contributed by atoms with Gasteiger partial charge in [-0.2, -0.15) is 8.78 Å². The maximum Gasteiger partial charge on any atom is 0.314 e. The number of rotatable bonds is 8. The Kier molecular flexibility index (Phi) is 6.45. The van der Waals surface area contributed by atoms with Crippen molar-refractivity contribution in [2.45, 2.75) is 12.5 Å². The normalized spacial score (nSPS) is 12.5. The summed E-state index contributed by atoms with van der Waals surface area (Å²) in [5.74, 6) is -1.29. The highest BCUT2D eigenvalue weighted by molar-refractivity contribution is 7.92. The second kappa shape index (κ2) is 9.47. The minimum absolute atomic E-state index is 0.126. The lowest BCUT2D eigenvalue weighted by atomic mass is 9.97. The number of para-hydroxylation sites is 1. The lowest BCUT2D eigenvalue weighted by molar-refractivity contribution is 0.116. The fourth-order valence-electron chi connectivity index (χ4n) is 3.12. The SMILES string of the molecule is CS(=O)(=O)Nc1ccccc1C(Nc1ncc(-c2nnc(C(F)F)o2)cn1)c1ccc(F)cc1. The van der Waals surface area contributed by atoms with Gasteiger partial charge in [-0.25, -0.2) is 22.8 Å². The molecule has 176 valence electrons. The lowest BCUT2D eigenvalue weighted by Gasteiger charge is -2.22. The first-order chi connectivity index (χ1) is 16.2. The zero-order valence-electron chi connectivity index (χ0n) is 17.5. The maximum atomic E-state index is 13.5. The molecule has 0 saturated carbocycles. The van der Waals surface area contributed by atoms with Crippen molar-refractivity contribution in [1.29, 1.82) is 0 Å². The number of anilines is 2. The fraction of sp³-hybridized carbons (Fsp3) is 0.143. The van der Waals surface area contributed by atoms with Crippen LogP contribution in [0, 0.1) is 5.82 Å². The van der Waals surface area contributed by atoms with Crippen molar-refractivity contribution in [3.8, 4) is 11.5 Å². The second-order valence-corrected chi connectivity index (χ2v) is 8.88. The van der Waals surface area contributed by atoms with Crippen molar-refractivity contribution in [2.75, 3.05) is 16.3 Å². The molecule has 4 rings (SSSR count). The topological polar surface area (TPSA) is 123 Å². The second-order valence-electron chi connectivity index (χ2n) is 7.13. The van der Waals surface area contributed by atoms with E-state index >= 15 is 0 Å². The van der Waals surface area contributed by atoms with Crippen molar-refractivity contribution < 1.29 is 26.0 Å². The molecule has 2 N–H and O–H groups in total. The number of hydrogen-bond acceptors (Lipinski definition) is 8. The molecule has 4 aromatic rings. The van der Waals surface area contributed by atoms with Gasteiger partial charge in [0, 0.05) is 18.0 Å². The van der Waals surface area contributed by atoms with Crippen LogP contribution < -0.4 is 10.0 Å². The molecule has 0 amide bonds. The minimum atomic E-state index is -3.58. The Labute approximate surface area is 192 Å². The van der Waals surface area contributed by atoms with Gasteiger partial charge < -0.3 is 9.73 Å². The van der Waals surface area contributed by atoms with Crippen LogP contribution in [0.5, 0.6) is 0 Å². The van der Waals surface area contributed by atoms with E-state index in [1.165, 1.54) is 24.5 Å². The molecule has 2 heterocycles. The van der Waals surface area contributed by atoms with Crippen LogP contribution in [0.3, 0.4) is 0 Å². The van der Waals surface area contributed by atoms with Crippen molar-refractivity contribution in [3.05, 3.63) is 83.8 Å². The van der Waals surface area contributed by atoms with Gasteiger partial charge in [-0.3, -0.25) is 4.72 Å². The van der Waals surface area contributed by atoms with Crippen molar-refractivity contribution in [3.63, 3.8) is 0 Å². The average molecular weight is 490 g/mol. The molecule has 1 atom stereocenters. The van der Waals surface area contributed by atoms with Gasteiger partial charge in [0.1, 0.15) is 5.82 Å². The molecule has 13 heteroatoms. The van der Waals surface area contributed by atoms with Crippen LogP contribution in [-0.2, 0) is 10.0 Å². The molecule has 9 nitrogen and oxygen atoms in total. The lowest BCUT2D eigenvalue weighted by Crippen LogP contribution is -2.18. The molecule has 34 heavy (non-hydrogen) atoms. The number of aromatic nitrogens is 4. The Morgan fingerprint density at radius 2 is 1.65 bits per heavy atom. The highest BCUT2D eigenvalue weighted by Crippen LogP contribution is 2.32. The van der Waals surface area contributed by atoms with E-state index in [4.69, 9.17) is 4.42 Å². The van der Waals surface area contributed by atoms with Crippen LogP contribution in [0.4, 0.5) is 24.8 Å². The van der Waals surface area contributed by atoms with E-state index in [2.05, 4.69) is 30.2 Å². The molecule has 2 aromatic carbocycles. The molecule has 0 spiro atoms. The number of nitrogens with one attached hydrogen (secondary N) is 2. The summed E-state index contributed by atoms with van der Waals surface area (Å²) in [4.78, 5) is 8.34. The van der Waals surface area contributed by atoms with E-state index in [0.717, 1.165) is 6.26 Å². The molecule has 0 aliphatic carbocycles. The summed E-state index contributed by atoms with van der Waals surface area (Å²) in [5.41, 5.74) is 1.68. The first-order valence-corrected chi connectivity index (χ1v) is 11.6. The molecule has 0 radical (unpaired) electrons. The summed E-state index contributed by atoms with van der Waals surface area (Å²) in [6.07, 6.45) is 0.740. The Balaban J connectivity index is 1.68. The van der Waals surface area contributed by atoms with Gasteiger partial charge in [0.15, 0.2) is 0 Å². The van der Waals surface area contributed by atoms with Crippen LogP contribution >= 0.6 is 0 Å².